The van der Waals surface area contributed by atoms with Crippen molar-refractivity contribution in [2.45, 2.75) is 51.5 Å². The highest BCUT2D eigenvalue weighted by molar-refractivity contribution is 4.87. The highest BCUT2D eigenvalue weighted by atomic mass is 16.5. The highest BCUT2D eigenvalue weighted by Crippen LogP contribution is 2.33. The van der Waals surface area contributed by atoms with Crippen LogP contribution in [0.5, 0.6) is 0 Å². The summed E-state index contributed by atoms with van der Waals surface area (Å²) < 4.78 is 5.61. The molecule has 19 heavy (non-hydrogen) atoms. The monoisotopic (exact) mass is 268 g/mol. The molecule has 0 aromatic carbocycles. The summed E-state index contributed by atoms with van der Waals surface area (Å²) in [4.78, 5) is 2.60. The number of ether oxygens (including phenoxy) is 1. The molecule has 1 aliphatic heterocycles. The van der Waals surface area contributed by atoms with Gasteiger partial charge in [-0.1, -0.05) is 19.8 Å². The molecule has 112 valence electrons. The summed E-state index contributed by atoms with van der Waals surface area (Å²) in [6.45, 7) is 6.30. The van der Waals surface area contributed by atoms with E-state index in [1.54, 1.807) is 0 Å². The zero-order chi connectivity index (χ0) is 13.7. The summed E-state index contributed by atoms with van der Waals surface area (Å²) in [6, 6.07) is 0.700. The molecule has 3 heteroatoms. The maximum Gasteiger partial charge on any atom is 0.0506 e. The lowest BCUT2D eigenvalue weighted by molar-refractivity contribution is 0.0215. The average molecular weight is 268 g/mol. The van der Waals surface area contributed by atoms with Crippen LogP contribution in [-0.4, -0.2) is 44.3 Å². The molecule has 0 aromatic rings. The van der Waals surface area contributed by atoms with Crippen molar-refractivity contribution in [3.63, 3.8) is 0 Å². The van der Waals surface area contributed by atoms with Crippen LogP contribution in [0.25, 0.3) is 0 Å². The fourth-order valence-corrected chi connectivity index (χ4v) is 3.97. The molecule has 4 atom stereocenters. The lowest BCUT2D eigenvalue weighted by Crippen LogP contribution is -2.47. The molecule has 1 saturated carbocycles. The third-order valence-corrected chi connectivity index (χ3v) is 5.31. The standard InChI is InChI=1S/C16H32N2O/c1-3-13-6-7-15(10-17)16(9-13)18(2)11-14-5-4-8-19-12-14/h13-16H,3-12,17H2,1-2H3. The smallest absolute Gasteiger partial charge is 0.0506 e. The van der Waals surface area contributed by atoms with Gasteiger partial charge in [0, 0.05) is 19.2 Å². The normalized spacial score (nSPS) is 36.6. The molecular formula is C16H32N2O. The third kappa shape index (κ3) is 4.17. The second kappa shape index (κ2) is 7.61. The second-order valence-corrected chi connectivity index (χ2v) is 6.67. The van der Waals surface area contributed by atoms with E-state index in [0.717, 1.165) is 31.6 Å². The fraction of sp³-hybridized carbons (Fsp3) is 1.00. The number of rotatable bonds is 5. The Hall–Kier alpha value is -0.120. The van der Waals surface area contributed by atoms with E-state index in [1.165, 1.54) is 45.1 Å². The van der Waals surface area contributed by atoms with Gasteiger partial charge in [-0.2, -0.15) is 0 Å². The number of nitrogens with zero attached hydrogens (tertiary/aromatic N) is 1. The van der Waals surface area contributed by atoms with Crippen LogP contribution < -0.4 is 5.73 Å². The van der Waals surface area contributed by atoms with E-state index in [4.69, 9.17) is 10.5 Å². The lowest BCUT2D eigenvalue weighted by Gasteiger charge is -2.42. The van der Waals surface area contributed by atoms with Crippen LogP contribution >= 0.6 is 0 Å². The van der Waals surface area contributed by atoms with E-state index in [9.17, 15) is 0 Å². The Bertz CT molecular complexity index is 253. The number of nitrogens with two attached hydrogens (primary N) is 1. The highest BCUT2D eigenvalue weighted by Gasteiger charge is 2.32. The molecular weight excluding hydrogens is 236 g/mol. The van der Waals surface area contributed by atoms with Crippen molar-refractivity contribution < 1.29 is 4.74 Å². The molecule has 2 fully saturated rings. The minimum absolute atomic E-state index is 0.700. The van der Waals surface area contributed by atoms with Crippen LogP contribution in [0, 0.1) is 17.8 Å². The van der Waals surface area contributed by atoms with Crippen molar-refractivity contribution in [3.05, 3.63) is 0 Å². The van der Waals surface area contributed by atoms with Gasteiger partial charge in [-0.15, -0.1) is 0 Å². The van der Waals surface area contributed by atoms with Crippen LogP contribution in [0.15, 0.2) is 0 Å². The molecule has 0 bridgehead atoms. The van der Waals surface area contributed by atoms with Crippen LogP contribution in [0.4, 0.5) is 0 Å². The third-order valence-electron chi connectivity index (χ3n) is 5.31. The summed E-state index contributed by atoms with van der Waals surface area (Å²) in [5.74, 6) is 2.36. The zero-order valence-electron chi connectivity index (χ0n) is 12.8. The largest absolute Gasteiger partial charge is 0.381 e. The lowest BCUT2D eigenvalue weighted by atomic mass is 9.76. The van der Waals surface area contributed by atoms with Gasteiger partial charge in [-0.05, 0) is 57.0 Å². The quantitative estimate of drug-likeness (QED) is 0.832. The van der Waals surface area contributed by atoms with E-state index < -0.39 is 0 Å². The van der Waals surface area contributed by atoms with E-state index >= 15 is 0 Å². The molecule has 0 amide bonds. The Balaban J connectivity index is 1.88. The van der Waals surface area contributed by atoms with Gasteiger partial charge >= 0.3 is 0 Å². The van der Waals surface area contributed by atoms with Crippen molar-refractivity contribution in [2.24, 2.45) is 23.5 Å². The van der Waals surface area contributed by atoms with Crippen LogP contribution in [-0.2, 0) is 4.74 Å². The molecule has 1 saturated heterocycles. The summed E-state index contributed by atoms with van der Waals surface area (Å²) in [5.41, 5.74) is 6.00. The van der Waals surface area contributed by atoms with Crippen molar-refractivity contribution in [1.82, 2.24) is 4.90 Å². The predicted molar refractivity (Wildman–Crippen MR) is 80.1 cm³/mol. The molecule has 2 rings (SSSR count). The van der Waals surface area contributed by atoms with Gasteiger partial charge in [0.1, 0.15) is 0 Å². The van der Waals surface area contributed by atoms with Crippen molar-refractivity contribution in [3.8, 4) is 0 Å². The summed E-state index contributed by atoms with van der Waals surface area (Å²) in [6.07, 6.45) is 7.96. The van der Waals surface area contributed by atoms with Gasteiger partial charge in [0.05, 0.1) is 6.61 Å². The average Bonchev–Trinajstić information content (AvgIpc) is 2.47. The first-order chi connectivity index (χ1) is 9.24. The van der Waals surface area contributed by atoms with E-state index in [2.05, 4.69) is 18.9 Å². The molecule has 3 nitrogen and oxygen atoms in total. The maximum absolute atomic E-state index is 6.00. The Labute approximate surface area is 118 Å². The van der Waals surface area contributed by atoms with Gasteiger partial charge < -0.3 is 15.4 Å². The summed E-state index contributed by atoms with van der Waals surface area (Å²) in [5, 5.41) is 0. The first kappa shape index (κ1) is 15.3. The van der Waals surface area contributed by atoms with Crippen LogP contribution in [0.2, 0.25) is 0 Å². The number of hydrogen-bond acceptors (Lipinski definition) is 3. The fourth-order valence-electron chi connectivity index (χ4n) is 3.97. The van der Waals surface area contributed by atoms with Crippen LogP contribution in [0.3, 0.4) is 0 Å². The van der Waals surface area contributed by atoms with Gasteiger partial charge in [-0.3, -0.25) is 0 Å². The van der Waals surface area contributed by atoms with Crippen molar-refractivity contribution in [2.75, 3.05) is 33.4 Å². The molecule has 0 aromatic heterocycles. The molecule has 2 N–H and O–H groups in total. The molecule has 0 radical (unpaired) electrons. The molecule has 2 aliphatic rings. The first-order valence-electron chi connectivity index (χ1n) is 8.22. The van der Waals surface area contributed by atoms with E-state index in [-0.39, 0.29) is 0 Å². The van der Waals surface area contributed by atoms with E-state index in [0.29, 0.717) is 12.0 Å². The molecule has 1 aliphatic carbocycles. The maximum atomic E-state index is 6.00. The zero-order valence-corrected chi connectivity index (χ0v) is 12.8. The Morgan fingerprint density at radius 1 is 1.21 bits per heavy atom. The molecule has 0 spiro atoms. The Morgan fingerprint density at radius 2 is 2.05 bits per heavy atom. The Kier molecular flexibility index (Phi) is 6.11. The van der Waals surface area contributed by atoms with Gasteiger partial charge in [0.15, 0.2) is 0 Å². The predicted octanol–water partition coefficient (Wildman–Crippen LogP) is 2.50. The first-order valence-corrected chi connectivity index (χ1v) is 8.22. The SMILES string of the molecule is CCC1CCC(CN)C(N(C)CC2CCCOC2)C1. The van der Waals surface area contributed by atoms with Gasteiger partial charge in [-0.25, -0.2) is 0 Å². The minimum atomic E-state index is 0.700. The van der Waals surface area contributed by atoms with Crippen molar-refractivity contribution in [1.29, 1.82) is 0 Å². The Morgan fingerprint density at radius 3 is 2.68 bits per heavy atom. The van der Waals surface area contributed by atoms with Gasteiger partial charge in [0.2, 0.25) is 0 Å². The van der Waals surface area contributed by atoms with E-state index in [1.807, 2.05) is 0 Å². The van der Waals surface area contributed by atoms with Crippen molar-refractivity contribution >= 4 is 0 Å². The topological polar surface area (TPSA) is 38.5 Å². The summed E-state index contributed by atoms with van der Waals surface area (Å²) >= 11 is 0. The van der Waals surface area contributed by atoms with Gasteiger partial charge in [0.25, 0.3) is 0 Å². The molecule has 4 unspecified atom stereocenters. The minimum Gasteiger partial charge on any atom is -0.381 e. The summed E-state index contributed by atoms with van der Waals surface area (Å²) in [7, 11) is 2.31. The number of hydrogen-bond donors (Lipinski definition) is 1. The second-order valence-electron chi connectivity index (χ2n) is 6.67. The van der Waals surface area contributed by atoms with Crippen LogP contribution in [0.1, 0.15) is 45.4 Å². The molecule has 1 heterocycles.